The lowest BCUT2D eigenvalue weighted by Gasteiger charge is -2.22. The van der Waals surface area contributed by atoms with Gasteiger partial charge in [-0.1, -0.05) is 36.1 Å². The number of carbonyl (C=O) groups is 1. The number of aliphatic hydroxyl groups is 1. The molecule has 0 spiro atoms. The molecular weight excluding hydrogens is 520 g/mol. The van der Waals surface area contributed by atoms with Gasteiger partial charge in [-0.05, 0) is 48.7 Å². The zero-order valence-electron chi connectivity index (χ0n) is 22.9. The SMILES string of the molecule is COc1c(-c2ccc(C#Cc3ccc(CNCCO)cc3)cc2)nc2ccncc2c1C(=O)NOC1CCCCO1. The van der Waals surface area contributed by atoms with E-state index in [9.17, 15) is 4.79 Å². The molecule has 5 rings (SSSR count). The van der Waals surface area contributed by atoms with E-state index >= 15 is 0 Å². The van der Waals surface area contributed by atoms with Gasteiger partial charge in [-0.15, -0.1) is 0 Å². The average molecular weight is 553 g/mol. The Morgan fingerprint density at radius 1 is 1.07 bits per heavy atom. The van der Waals surface area contributed by atoms with Crippen molar-refractivity contribution in [1.29, 1.82) is 0 Å². The zero-order chi connectivity index (χ0) is 28.4. The van der Waals surface area contributed by atoms with Crippen LogP contribution < -0.4 is 15.5 Å². The van der Waals surface area contributed by atoms with Crippen LogP contribution in [0.4, 0.5) is 0 Å². The third-order valence-corrected chi connectivity index (χ3v) is 6.68. The highest BCUT2D eigenvalue weighted by Gasteiger charge is 2.24. The summed E-state index contributed by atoms with van der Waals surface area (Å²) < 4.78 is 11.3. The number of nitrogens with one attached hydrogen (secondary N) is 2. The molecule has 9 nitrogen and oxygen atoms in total. The van der Waals surface area contributed by atoms with Crippen LogP contribution in [0.15, 0.2) is 67.0 Å². The molecule has 2 aromatic heterocycles. The molecule has 4 aromatic rings. The van der Waals surface area contributed by atoms with Gasteiger partial charge in [-0.2, -0.15) is 0 Å². The molecule has 1 fully saturated rings. The number of aromatic nitrogens is 2. The number of pyridine rings is 2. The van der Waals surface area contributed by atoms with Gasteiger partial charge in [0, 0.05) is 60.6 Å². The van der Waals surface area contributed by atoms with Crippen molar-refractivity contribution < 1.29 is 24.2 Å². The number of ether oxygens (including phenoxy) is 2. The smallest absolute Gasteiger partial charge is 0.279 e. The van der Waals surface area contributed by atoms with Crippen LogP contribution in [0.2, 0.25) is 0 Å². The standard InChI is InChI=1S/C32H32N4O5/c1-39-31-29(32(38)36-41-28-4-2-3-19-40-28)26-21-33-16-15-27(26)35-30(31)25-13-11-23(12-14-25)6-5-22-7-9-24(10-8-22)20-34-17-18-37/h7-16,21,28,34,37H,2-4,17-20H2,1H3,(H,36,38). The largest absolute Gasteiger partial charge is 0.494 e. The normalized spacial score (nSPS) is 14.7. The first-order valence-electron chi connectivity index (χ1n) is 13.6. The maximum absolute atomic E-state index is 13.4. The average Bonchev–Trinajstić information content (AvgIpc) is 3.03. The van der Waals surface area contributed by atoms with Gasteiger partial charge in [0.05, 0.1) is 24.8 Å². The minimum absolute atomic E-state index is 0.116. The zero-order valence-corrected chi connectivity index (χ0v) is 22.9. The summed E-state index contributed by atoms with van der Waals surface area (Å²) >= 11 is 0. The van der Waals surface area contributed by atoms with E-state index in [0.29, 0.717) is 48.5 Å². The molecule has 1 aliphatic rings. The Labute approximate surface area is 238 Å². The Morgan fingerprint density at radius 2 is 1.83 bits per heavy atom. The lowest BCUT2D eigenvalue weighted by Crippen LogP contribution is -2.33. The molecule has 1 saturated heterocycles. The molecule has 3 N–H and O–H groups in total. The van der Waals surface area contributed by atoms with Crippen LogP contribution >= 0.6 is 0 Å². The van der Waals surface area contributed by atoms with Gasteiger partial charge in [0.25, 0.3) is 5.91 Å². The topological polar surface area (TPSA) is 115 Å². The molecule has 3 heterocycles. The molecule has 9 heteroatoms. The van der Waals surface area contributed by atoms with Crippen LogP contribution in [-0.4, -0.2) is 54.1 Å². The van der Waals surface area contributed by atoms with E-state index in [2.05, 4.69) is 27.6 Å². The summed E-state index contributed by atoms with van der Waals surface area (Å²) in [6.07, 6.45) is 5.42. The number of rotatable bonds is 9. The Bertz CT molecular complexity index is 1540. The van der Waals surface area contributed by atoms with Crippen molar-refractivity contribution in [2.24, 2.45) is 0 Å². The second-order valence-electron chi connectivity index (χ2n) is 9.53. The molecule has 1 atom stereocenters. The van der Waals surface area contributed by atoms with Gasteiger partial charge >= 0.3 is 0 Å². The molecule has 0 radical (unpaired) electrons. The van der Waals surface area contributed by atoms with Crippen LogP contribution in [0.25, 0.3) is 22.2 Å². The third kappa shape index (κ3) is 7.06. The quantitative estimate of drug-likeness (QED) is 0.162. The predicted molar refractivity (Wildman–Crippen MR) is 155 cm³/mol. The molecule has 0 bridgehead atoms. The van der Waals surface area contributed by atoms with E-state index in [4.69, 9.17) is 24.4 Å². The lowest BCUT2D eigenvalue weighted by atomic mass is 10.0. The number of hydroxylamine groups is 1. The number of methoxy groups -OCH3 is 1. The minimum atomic E-state index is -0.482. The Hall–Kier alpha value is -4.33. The number of hydrogen-bond donors (Lipinski definition) is 3. The van der Waals surface area contributed by atoms with Crippen molar-refractivity contribution in [2.45, 2.75) is 32.1 Å². The van der Waals surface area contributed by atoms with Crippen LogP contribution in [0.3, 0.4) is 0 Å². The van der Waals surface area contributed by atoms with E-state index in [1.807, 2.05) is 48.5 Å². The lowest BCUT2D eigenvalue weighted by molar-refractivity contribution is -0.186. The molecule has 1 amide bonds. The summed E-state index contributed by atoms with van der Waals surface area (Å²) in [6.45, 7) is 1.98. The number of aliphatic hydroxyl groups excluding tert-OH is 1. The van der Waals surface area contributed by atoms with Crippen LogP contribution in [0.5, 0.6) is 5.75 Å². The maximum atomic E-state index is 13.4. The van der Waals surface area contributed by atoms with Crippen LogP contribution in [0, 0.1) is 11.8 Å². The first-order valence-corrected chi connectivity index (χ1v) is 13.6. The fourth-order valence-electron chi connectivity index (χ4n) is 4.56. The van der Waals surface area contributed by atoms with E-state index in [0.717, 1.165) is 35.1 Å². The molecule has 1 aliphatic heterocycles. The molecule has 210 valence electrons. The van der Waals surface area contributed by atoms with Crippen molar-refractivity contribution >= 4 is 16.8 Å². The summed E-state index contributed by atoms with van der Waals surface area (Å²) in [5.74, 6) is 6.25. The second kappa shape index (κ2) is 13.8. The fraction of sp³-hybridized carbons (Fsp3) is 0.281. The van der Waals surface area contributed by atoms with E-state index in [1.165, 1.54) is 7.11 Å². The van der Waals surface area contributed by atoms with Crippen LogP contribution in [0.1, 0.15) is 46.3 Å². The van der Waals surface area contributed by atoms with Crippen LogP contribution in [-0.2, 0) is 16.1 Å². The van der Waals surface area contributed by atoms with Gasteiger partial charge in [0.1, 0.15) is 5.69 Å². The fourth-order valence-corrected chi connectivity index (χ4v) is 4.56. The highest BCUT2D eigenvalue weighted by atomic mass is 16.8. The first kappa shape index (κ1) is 28.2. The van der Waals surface area contributed by atoms with Crippen molar-refractivity contribution in [2.75, 3.05) is 26.9 Å². The summed E-state index contributed by atoms with van der Waals surface area (Å²) in [5.41, 5.74) is 7.60. The van der Waals surface area contributed by atoms with Gasteiger partial charge < -0.3 is 19.9 Å². The number of carbonyl (C=O) groups excluding carboxylic acids is 1. The highest BCUT2D eigenvalue weighted by molar-refractivity contribution is 6.09. The Kier molecular flexibility index (Phi) is 9.52. The maximum Gasteiger partial charge on any atom is 0.279 e. The third-order valence-electron chi connectivity index (χ3n) is 6.68. The number of amides is 1. The second-order valence-corrected chi connectivity index (χ2v) is 9.53. The number of benzene rings is 2. The first-order chi connectivity index (χ1) is 20.2. The Morgan fingerprint density at radius 3 is 2.51 bits per heavy atom. The minimum Gasteiger partial charge on any atom is -0.494 e. The number of fused-ring (bicyclic) bond motifs is 1. The van der Waals surface area contributed by atoms with Gasteiger partial charge in [-0.25, -0.2) is 15.3 Å². The molecule has 41 heavy (non-hydrogen) atoms. The molecule has 2 aromatic carbocycles. The van der Waals surface area contributed by atoms with Gasteiger partial charge in [0.15, 0.2) is 12.0 Å². The summed E-state index contributed by atoms with van der Waals surface area (Å²) in [7, 11) is 1.51. The molecule has 0 aliphatic carbocycles. The van der Waals surface area contributed by atoms with Gasteiger partial charge in [-0.3, -0.25) is 9.78 Å². The summed E-state index contributed by atoms with van der Waals surface area (Å²) in [4.78, 5) is 27.9. The summed E-state index contributed by atoms with van der Waals surface area (Å²) in [5, 5.41) is 12.6. The monoisotopic (exact) mass is 552 g/mol. The number of hydrogen-bond acceptors (Lipinski definition) is 8. The van der Waals surface area contributed by atoms with Gasteiger partial charge in [0.2, 0.25) is 0 Å². The van der Waals surface area contributed by atoms with Crippen molar-refractivity contribution in [1.82, 2.24) is 20.8 Å². The number of nitrogens with zero attached hydrogens (tertiary/aromatic N) is 2. The molecule has 1 unspecified atom stereocenters. The van der Waals surface area contributed by atoms with E-state index < -0.39 is 12.2 Å². The predicted octanol–water partition coefficient (Wildman–Crippen LogP) is 3.98. The molecular formula is C32H32N4O5. The highest BCUT2D eigenvalue weighted by Crippen LogP contribution is 2.36. The molecule has 0 saturated carbocycles. The van der Waals surface area contributed by atoms with E-state index in [-0.39, 0.29) is 12.2 Å². The van der Waals surface area contributed by atoms with Crippen molar-refractivity contribution in [3.8, 4) is 28.8 Å². The summed E-state index contributed by atoms with van der Waals surface area (Å²) in [6, 6.07) is 17.4. The van der Waals surface area contributed by atoms with Crippen molar-refractivity contribution in [3.05, 3.63) is 89.2 Å². The van der Waals surface area contributed by atoms with Crippen molar-refractivity contribution in [3.63, 3.8) is 0 Å². The Balaban J connectivity index is 1.38. The van der Waals surface area contributed by atoms with E-state index in [1.54, 1.807) is 18.5 Å².